The largest absolute Gasteiger partial charge is 0.306 e. The Morgan fingerprint density at radius 3 is 3.00 bits per heavy atom. The number of likely N-dealkylation sites (tertiary alicyclic amines) is 1. The number of hydrazine groups is 1. The maximum atomic E-state index is 5.19. The van der Waals surface area contributed by atoms with Crippen LogP contribution < -0.4 is 11.3 Å². The van der Waals surface area contributed by atoms with E-state index in [1.807, 2.05) is 0 Å². The van der Waals surface area contributed by atoms with Crippen LogP contribution in [0.1, 0.15) is 6.42 Å². The zero-order chi connectivity index (χ0) is 6.69. The van der Waals surface area contributed by atoms with Gasteiger partial charge >= 0.3 is 0 Å². The lowest BCUT2D eigenvalue weighted by molar-refractivity contribution is 0.389. The van der Waals surface area contributed by atoms with Gasteiger partial charge in [0, 0.05) is 13.1 Å². The molecule has 0 bridgehead atoms. The standard InChI is InChI=1S/C6H15N3/c1-9-3-2-6(5-9)4-8-7/h6,8H,2-5,7H2,1H3/t6-/m0/s1. The van der Waals surface area contributed by atoms with Gasteiger partial charge in [-0.3, -0.25) is 11.3 Å². The van der Waals surface area contributed by atoms with Crippen molar-refractivity contribution in [2.45, 2.75) is 6.42 Å². The summed E-state index contributed by atoms with van der Waals surface area (Å²) < 4.78 is 0. The minimum atomic E-state index is 0.778. The van der Waals surface area contributed by atoms with Crippen LogP contribution in [0.4, 0.5) is 0 Å². The van der Waals surface area contributed by atoms with E-state index >= 15 is 0 Å². The molecule has 1 atom stereocenters. The molecule has 3 heteroatoms. The number of rotatable bonds is 2. The van der Waals surface area contributed by atoms with Gasteiger partial charge in [-0.1, -0.05) is 0 Å². The van der Waals surface area contributed by atoms with Crippen molar-refractivity contribution in [3.63, 3.8) is 0 Å². The second-order valence-electron chi connectivity index (χ2n) is 2.83. The average molecular weight is 129 g/mol. The average Bonchev–Trinajstić information content (AvgIpc) is 2.17. The molecule has 3 N–H and O–H groups in total. The number of nitrogens with zero attached hydrogens (tertiary/aromatic N) is 1. The van der Waals surface area contributed by atoms with E-state index < -0.39 is 0 Å². The molecule has 0 aliphatic carbocycles. The lowest BCUT2D eigenvalue weighted by atomic mass is 10.1. The molecule has 1 saturated heterocycles. The molecule has 0 amide bonds. The Morgan fingerprint density at radius 2 is 2.56 bits per heavy atom. The van der Waals surface area contributed by atoms with Gasteiger partial charge in [0.25, 0.3) is 0 Å². The second-order valence-corrected chi connectivity index (χ2v) is 2.83. The third-order valence-electron chi connectivity index (χ3n) is 1.90. The van der Waals surface area contributed by atoms with E-state index in [4.69, 9.17) is 5.84 Å². The molecule has 0 spiro atoms. The summed E-state index contributed by atoms with van der Waals surface area (Å²) >= 11 is 0. The van der Waals surface area contributed by atoms with Gasteiger partial charge in [-0.15, -0.1) is 0 Å². The maximum Gasteiger partial charge on any atom is 0.0138 e. The summed E-state index contributed by atoms with van der Waals surface area (Å²) in [5.41, 5.74) is 2.70. The SMILES string of the molecule is CN1CC[C@@H](CNN)C1. The molecule has 54 valence electrons. The first-order valence-corrected chi connectivity index (χ1v) is 3.45. The molecule has 0 aromatic heterocycles. The Morgan fingerprint density at radius 1 is 1.78 bits per heavy atom. The van der Waals surface area contributed by atoms with Crippen molar-refractivity contribution in [2.24, 2.45) is 11.8 Å². The first-order chi connectivity index (χ1) is 4.33. The van der Waals surface area contributed by atoms with Crippen LogP contribution in [-0.2, 0) is 0 Å². The van der Waals surface area contributed by atoms with E-state index in [1.54, 1.807) is 0 Å². The molecule has 0 saturated carbocycles. The quantitative estimate of drug-likeness (QED) is 0.386. The summed E-state index contributed by atoms with van der Waals surface area (Å²) in [6.07, 6.45) is 1.29. The molecule has 0 unspecified atom stereocenters. The summed E-state index contributed by atoms with van der Waals surface area (Å²) in [5.74, 6) is 5.96. The lowest BCUT2D eigenvalue weighted by Crippen LogP contribution is -2.30. The van der Waals surface area contributed by atoms with Crippen molar-refractivity contribution >= 4 is 0 Å². The minimum Gasteiger partial charge on any atom is -0.306 e. The van der Waals surface area contributed by atoms with E-state index in [2.05, 4.69) is 17.4 Å². The summed E-state index contributed by atoms with van der Waals surface area (Å²) in [6.45, 7) is 3.39. The Labute approximate surface area is 56.2 Å². The van der Waals surface area contributed by atoms with E-state index in [9.17, 15) is 0 Å². The van der Waals surface area contributed by atoms with E-state index in [0.717, 1.165) is 12.5 Å². The van der Waals surface area contributed by atoms with Crippen molar-refractivity contribution in [2.75, 3.05) is 26.7 Å². The smallest absolute Gasteiger partial charge is 0.0138 e. The molecule has 0 aromatic carbocycles. The molecular formula is C6H15N3. The fourth-order valence-electron chi connectivity index (χ4n) is 1.36. The highest BCUT2D eigenvalue weighted by molar-refractivity contribution is 4.73. The summed E-state index contributed by atoms with van der Waals surface area (Å²) in [4.78, 5) is 2.34. The van der Waals surface area contributed by atoms with Gasteiger partial charge < -0.3 is 4.90 Å². The molecule has 3 nitrogen and oxygen atoms in total. The molecule has 0 aromatic rings. The summed E-state index contributed by atoms with van der Waals surface area (Å²) in [6, 6.07) is 0. The summed E-state index contributed by atoms with van der Waals surface area (Å²) in [5, 5.41) is 0. The van der Waals surface area contributed by atoms with Crippen LogP contribution in [-0.4, -0.2) is 31.6 Å². The van der Waals surface area contributed by atoms with Crippen LogP contribution in [0.15, 0.2) is 0 Å². The van der Waals surface area contributed by atoms with Gasteiger partial charge in [0.2, 0.25) is 0 Å². The monoisotopic (exact) mass is 129 g/mol. The fourth-order valence-corrected chi connectivity index (χ4v) is 1.36. The number of hydrogen-bond donors (Lipinski definition) is 2. The van der Waals surface area contributed by atoms with E-state index in [0.29, 0.717) is 0 Å². The third-order valence-corrected chi connectivity index (χ3v) is 1.90. The Kier molecular flexibility index (Phi) is 2.45. The lowest BCUT2D eigenvalue weighted by Gasteiger charge is -2.08. The van der Waals surface area contributed by atoms with Crippen LogP contribution >= 0.6 is 0 Å². The third kappa shape index (κ3) is 1.93. The highest BCUT2D eigenvalue weighted by atomic mass is 15.2. The summed E-state index contributed by atoms with van der Waals surface area (Å²) in [7, 11) is 2.15. The van der Waals surface area contributed by atoms with Crippen molar-refractivity contribution < 1.29 is 0 Å². The Bertz CT molecular complexity index is 82.4. The molecule has 9 heavy (non-hydrogen) atoms. The van der Waals surface area contributed by atoms with Gasteiger partial charge in [0.15, 0.2) is 0 Å². The molecule has 0 radical (unpaired) electrons. The van der Waals surface area contributed by atoms with Gasteiger partial charge in [-0.25, -0.2) is 0 Å². The van der Waals surface area contributed by atoms with Gasteiger partial charge in [0.1, 0.15) is 0 Å². The Balaban J connectivity index is 2.14. The van der Waals surface area contributed by atoms with Crippen LogP contribution in [0.3, 0.4) is 0 Å². The molecule has 1 rings (SSSR count). The number of hydrogen-bond acceptors (Lipinski definition) is 3. The van der Waals surface area contributed by atoms with Crippen LogP contribution in [0, 0.1) is 5.92 Å². The molecule has 1 aliphatic heterocycles. The normalized spacial score (nSPS) is 29.3. The minimum absolute atomic E-state index is 0.778. The van der Waals surface area contributed by atoms with Crippen LogP contribution in [0.5, 0.6) is 0 Å². The van der Waals surface area contributed by atoms with Crippen molar-refractivity contribution in [1.82, 2.24) is 10.3 Å². The predicted molar refractivity (Wildman–Crippen MR) is 37.8 cm³/mol. The molecular weight excluding hydrogens is 114 g/mol. The highest BCUT2D eigenvalue weighted by Crippen LogP contribution is 2.11. The van der Waals surface area contributed by atoms with E-state index in [1.165, 1.54) is 19.5 Å². The second kappa shape index (κ2) is 3.15. The zero-order valence-corrected chi connectivity index (χ0v) is 5.93. The molecule has 1 aliphatic rings. The first-order valence-electron chi connectivity index (χ1n) is 3.45. The Hall–Kier alpha value is -0.120. The van der Waals surface area contributed by atoms with Crippen LogP contribution in [0.2, 0.25) is 0 Å². The molecule has 1 heterocycles. The zero-order valence-electron chi connectivity index (χ0n) is 5.93. The van der Waals surface area contributed by atoms with E-state index in [-0.39, 0.29) is 0 Å². The topological polar surface area (TPSA) is 41.3 Å². The number of nitrogens with one attached hydrogen (secondary N) is 1. The maximum absolute atomic E-state index is 5.19. The number of nitrogens with two attached hydrogens (primary N) is 1. The predicted octanol–water partition coefficient (Wildman–Crippen LogP) is -0.599. The van der Waals surface area contributed by atoms with Gasteiger partial charge in [-0.05, 0) is 25.9 Å². The first kappa shape index (κ1) is 6.99. The molecule has 1 fully saturated rings. The van der Waals surface area contributed by atoms with Crippen molar-refractivity contribution in [1.29, 1.82) is 0 Å². The van der Waals surface area contributed by atoms with Crippen LogP contribution in [0.25, 0.3) is 0 Å². The fraction of sp³-hybridized carbons (Fsp3) is 1.00. The highest BCUT2D eigenvalue weighted by Gasteiger charge is 2.17. The van der Waals surface area contributed by atoms with Crippen molar-refractivity contribution in [3.8, 4) is 0 Å². The van der Waals surface area contributed by atoms with Gasteiger partial charge in [-0.2, -0.15) is 0 Å². The van der Waals surface area contributed by atoms with Crippen molar-refractivity contribution in [3.05, 3.63) is 0 Å². The van der Waals surface area contributed by atoms with Gasteiger partial charge in [0.05, 0.1) is 0 Å².